The number of hydrogen-bond acceptors (Lipinski definition) is 3. The number of carboxylic acid groups (broad SMARTS) is 1. The number of nitrogens with one attached hydrogen (secondary N) is 1. The lowest BCUT2D eigenvalue weighted by atomic mass is 10.0. The minimum atomic E-state index is -0.908. The predicted molar refractivity (Wildman–Crippen MR) is 128 cm³/mol. The summed E-state index contributed by atoms with van der Waals surface area (Å²) >= 11 is 1.81. The number of aromatic carboxylic acids is 1. The fraction of sp³-hybridized carbons (Fsp3) is 0.115. The zero-order valence-electron chi connectivity index (χ0n) is 16.9. The van der Waals surface area contributed by atoms with E-state index in [4.69, 9.17) is 10.8 Å². The molecule has 2 heterocycles. The van der Waals surface area contributed by atoms with Gasteiger partial charge in [0.15, 0.2) is 0 Å². The highest BCUT2D eigenvalue weighted by molar-refractivity contribution is 7.22. The number of carbonyl (C=O) groups is 1. The third-order valence-corrected chi connectivity index (χ3v) is 6.85. The first-order valence-corrected chi connectivity index (χ1v) is 11.1. The Labute approximate surface area is 184 Å². The van der Waals surface area contributed by atoms with Crippen molar-refractivity contribution in [3.8, 4) is 10.4 Å². The van der Waals surface area contributed by atoms with Crippen molar-refractivity contribution in [1.82, 2.24) is 4.98 Å². The van der Waals surface area contributed by atoms with Gasteiger partial charge in [-0.3, -0.25) is 0 Å². The monoisotopic (exact) mass is 426 g/mol. The summed E-state index contributed by atoms with van der Waals surface area (Å²) < 4.78 is 1.29. The zero-order valence-corrected chi connectivity index (χ0v) is 17.7. The molecular weight excluding hydrogens is 404 g/mol. The normalized spacial score (nSPS) is 11.4. The molecule has 4 nitrogen and oxygen atoms in total. The van der Waals surface area contributed by atoms with Crippen molar-refractivity contribution in [2.75, 3.05) is 6.54 Å². The highest BCUT2D eigenvalue weighted by atomic mass is 32.1. The van der Waals surface area contributed by atoms with E-state index in [9.17, 15) is 4.79 Å². The molecule has 5 heteroatoms. The Bertz CT molecular complexity index is 1360. The quantitative estimate of drug-likeness (QED) is 0.319. The highest BCUT2D eigenvalue weighted by Gasteiger charge is 2.14. The lowest BCUT2D eigenvalue weighted by Gasteiger charge is -2.05. The lowest BCUT2D eigenvalue weighted by molar-refractivity contribution is 0.0697. The third-order valence-electron chi connectivity index (χ3n) is 5.68. The van der Waals surface area contributed by atoms with Gasteiger partial charge >= 0.3 is 5.97 Å². The van der Waals surface area contributed by atoms with Crippen LogP contribution in [-0.2, 0) is 12.8 Å². The number of benzene rings is 3. The van der Waals surface area contributed by atoms with Gasteiger partial charge in [0.2, 0.25) is 0 Å². The van der Waals surface area contributed by atoms with Crippen LogP contribution in [0.5, 0.6) is 0 Å². The van der Waals surface area contributed by atoms with E-state index in [-0.39, 0.29) is 0 Å². The summed E-state index contributed by atoms with van der Waals surface area (Å²) in [6, 6.07) is 24.4. The van der Waals surface area contributed by atoms with Gasteiger partial charge in [0, 0.05) is 32.6 Å². The van der Waals surface area contributed by atoms with Crippen molar-refractivity contribution in [2.24, 2.45) is 5.73 Å². The average molecular weight is 427 g/mol. The molecule has 0 atom stereocenters. The molecule has 31 heavy (non-hydrogen) atoms. The number of aromatic amines is 1. The maximum atomic E-state index is 11.1. The number of fused-ring (bicyclic) bond motifs is 2. The van der Waals surface area contributed by atoms with Crippen LogP contribution in [0.4, 0.5) is 0 Å². The van der Waals surface area contributed by atoms with Gasteiger partial charge in [-0.1, -0.05) is 36.4 Å². The first kappa shape index (κ1) is 19.5. The molecule has 5 rings (SSSR count). The Morgan fingerprint density at radius 3 is 2.55 bits per heavy atom. The van der Waals surface area contributed by atoms with Gasteiger partial charge in [0.05, 0.1) is 5.56 Å². The van der Waals surface area contributed by atoms with Gasteiger partial charge < -0.3 is 15.8 Å². The molecule has 0 saturated carbocycles. The summed E-state index contributed by atoms with van der Waals surface area (Å²) in [6.45, 7) is 0.574. The maximum Gasteiger partial charge on any atom is 0.335 e. The van der Waals surface area contributed by atoms with Gasteiger partial charge in [0.1, 0.15) is 0 Å². The van der Waals surface area contributed by atoms with Crippen LogP contribution in [0.25, 0.3) is 31.4 Å². The summed E-state index contributed by atoms with van der Waals surface area (Å²) in [4.78, 5) is 15.9. The van der Waals surface area contributed by atoms with Crippen molar-refractivity contribution < 1.29 is 9.90 Å². The van der Waals surface area contributed by atoms with Crippen molar-refractivity contribution >= 4 is 38.3 Å². The van der Waals surface area contributed by atoms with Gasteiger partial charge in [-0.05, 0) is 71.4 Å². The second-order valence-corrected chi connectivity index (χ2v) is 8.79. The molecule has 0 saturated heterocycles. The van der Waals surface area contributed by atoms with E-state index in [1.54, 1.807) is 12.1 Å². The summed E-state index contributed by atoms with van der Waals surface area (Å²) in [5.41, 5.74) is 12.0. The third kappa shape index (κ3) is 3.74. The van der Waals surface area contributed by atoms with Crippen molar-refractivity contribution in [3.05, 3.63) is 95.2 Å². The van der Waals surface area contributed by atoms with Crippen molar-refractivity contribution in [2.45, 2.75) is 12.8 Å². The average Bonchev–Trinajstić information content (AvgIpc) is 3.36. The van der Waals surface area contributed by atoms with Gasteiger partial charge in [-0.25, -0.2) is 4.79 Å². The maximum absolute atomic E-state index is 11.1. The van der Waals surface area contributed by atoms with E-state index in [1.165, 1.54) is 31.5 Å². The standard InChI is InChI=1S/C26H22N2O2S/c27-12-11-20-21-14-19(25-15-18-3-1-2-4-24(18)31-25)9-10-22(21)28-23(20)13-16-5-7-17(8-6-16)26(29)30/h1-10,14-15,28H,11-13,27H2,(H,29,30). The number of nitrogens with two attached hydrogens (primary N) is 1. The molecule has 0 aliphatic carbocycles. The Morgan fingerprint density at radius 1 is 1.00 bits per heavy atom. The minimum Gasteiger partial charge on any atom is -0.478 e. The Kier molecular flexibility index (Phi) is 5.06. The second-order valence-electron chi connectivity index (χ2n) is 7.71. The molecule has 0 fully saturated rings. The zero-order chi connectivity index (χ0) is 21.4. The summed E-state index contributed by atoms with van der Waals surface area (Å²) in [7, 11) is 0. The van der Waals surface area contributed by atoms with Crippen molar-refractivity contribution in [3.63, 3.8) is 0 Å². The fourth-order valence-electron chi connectivity index (χ4n) is 4.13. The number of aromatic nitrogens is 1. The number of rotatable bonds is 6. The number of hydrogen-bond donors (Lipinski definition) is 3. The highest BCUT2D eigenvalue weighted by Crippen LogP contribution is 2.36. The number of H-pyrrole nitrogens is 1. The molecule has 4 N–H and O–H groups in total. The smallest absolute Gasteiger partial charge is 0.335 e. The van der Waals surface area contributed by atoms with Crippen LogP contribution in [0.2, 0.25) is 0 Å². The van der Waals surface area contributed by atoms with E-state index in [2.05, 4.69) is 53.5 Å². The molecule has 0 spiro atoms. The first-order chi connectivity index (χ1) is 15.1. The van der Waals surface area contributed by atoms with Crippen LogP contribution in [0.15, 0.2) is 72.8 Å². The SMILES string of the molecule is NCCc1c(Cc2ccc(C(=O)O)cc2)[nH]c2ccc(-c3cc4ccccc4s3)cc12. The number of thiophene rings is 1. The lowest BCUT2D eigenvalue weighted by Crippen LogP contribution is -2.05. The van der Waals surface area contributed by atoms with Crippen molar-refractivity contribution in [1.29, 1.82) is 0 Å². The van der Waals surface area contributed by atoms with E-state index in [1.807, 2.05) is 23.5 Å². The van der Waals surface area contributed by atoms with Gasteiger partial charge in [0.25, 0.3) is 0 Å². The van der Waals surface area contributed by atoms with E-state index in [0.717, 1.165) is 23.2 Å². The molecule has 0 aliphatic rings. The second kappa shape index (κ2) is 8.02. The minimum absolute atomic E-state index is 0.301. The topological polar surface area (TPSA) is 79.1 Å². The molecule has 2 aromatic heterocycles. The largest absolute Gasteiger partial charge is 0.478 e. The molecular formula is C26H22N2O2S. The molecule has 5 aromatic rings. The van der Waals surface area contributed by atoms with Gasteiger partial charge in [-0.2, -0.15) is 0 Å². The fourth-order valence-corrected chi connectivity index (χ4v) is 5.19. The van der Waals surface area contributed by atoms with Crippen LogP contribution >= 0.6 is 11.3 Å². The first-order valence-electron chi connectivity index (χ1n) is 10.3. The Morgan fingerprint density at radius 2 is 1.81 bits per heavy atom. The van der Waals surface area contributed by atoms with Crippen LogP contribution in [0, 0.1) is 0 Å². The summed E-state index contributed by atoms with van der Waals surface area (Å²) in [5.74, 6) is -0.908. The van der Waals surface area contributed by atoms with E-state index in [0.29, 0.717) is 18.5 Å². The predicted octanol–water partition coefficient (Wildman–Crippen LogP) is 5.84. The number of carboxylic acids is 1. The van der Waals surface area contributed by atoms with Gasteiger partial charge in [-0.15, -0.1) is 11.3 Å². The van der Waals surface area contributed by atoms with E-state index >= 15 is 0 Å². The van der Waals surface area contributed by atoms with Crippen LogP contribution in [0.3, 0.4) is 0 Å². The molecule has 3 aromatic carbocycles. The molecule has 0 unspecified atom stereocenters. The Balaban J connectivity index is 1.54. The summed E-state index contributed by atoms with van der Waals surface area (Å²) in [5, 5.41) is 11.6. The molecule has 0 amide bonds. The summed E-state index contributed by atoms with van der Waals surface area (Å²) in [6.07, 6.45) is 1.50. The van der Waals surface area contributed by atoms with Crippen LogP contribution < -0.4 is 5.73 Å². The van der Waals surface area contributed by atoms with E-state index < -0.39 is 5.97 Å². The molecule has 154 valence electrons. The molecule has 0 aliphatic heterocycles. The molecule has 0 bridgehead atoms. The van der Waals surface area contributed by atoms with Crippen LogP contribution in [0.1, 0.15) is 27.2 Å². The molecule has 0 radical (unpaired) electrons. The van der Waals surface area contributed by atoms with Crippen LogP contribution in [-0.4, -0.2) is 22.6 Å². The Hall–Kier alpha value is -3.41.